The van der Waals surface area contributed by atoms with Gasteiger partial charge in [-0.2, -0.15) is 0 Å². The Balaban J connectivity index is 1.47. The fourth-order valence-corrected chi connectivity index (χ4v) is 4.06. The molecule has 1 aromatic heterocycles. The summed E-state index contributed by atoms with van der Waals surface area (Å²) in [7, 11) is 0. The second kappa shape index (κ2) is 11.0. The van der Waals surface area contributed by atoms with Crippen LogP contribution in [0.5, 0.6) is 5.75 Å². The van der Waals surface area contributed by atoms with Gasteiger partial charge in [0.25, 0.3) is 5.69 Å². The zero-order chi connectivity index (χ0) is 24.8. The van der Waals surface area contributed by atoms with Crippen LogP contribution in [0.25, 0.3) is 5.69 Å². The fraction of sp³-hybridized carbons (Fsp3) is 0.125. The van der Waals surface area contributed by atoms with E-state index in [1.807, 2.05) is 47.9 Å². The van der Waals surface area contributed by atoms with Crippen molar-refractivity contribution in [2.75, 3.05) is 11.1 Å². The van der Waals surface area contributed by atoms with Gasteiger partial charge in [0.1, 0.15) is 12.4 Å². The topological polar surface area (TPSA) is 112 Å². The number of non-ortho nitro benzene ring substituents is 1. The molecule has 0 saturated heterocycles. The van der Waals surface area contributed by atoms with Gasteiger partial charge >= 0.3 is 0 Å². The highest BCUT2D eigenvalue weighted by atomic mass is 35.5. The van der Waals surface area contributed by atoms with E-state index in [1.165, 1.54) is 36.0 Å². The molecule has 0 unspecified atom stereocenters. The summed E-state index contributed by atoms with van der Waals surface area (Å²) in [6.45, 7) is 2.07. The normalized spacial score (nSPS) is 10.7. The number of nitro benzene ring substituents is 1. The lowest BCUT2D eigenvalue weighted by Crippen LogP contribution is -2.14. The van der Waals surface area contributed by atoms with Gasteiger partial charge in [0.2, 0.25) is 5.91 Å². The van der Waals surface area contributed by atoms with Crippen LogP contribution in [0.4, 0.5) is 11.4 Å². The van der Waals surface area contributed by atoms with Crippen molar-refractivity contribution >= 4 is 40.6 Å². The van der Waals surface area contributed by atoms with Crippen molar-refractivity contribution in [3.8, 4) is 11.4 Å². The first-order valence-corrected chi connectivity index (χ1v) is 11.8. The molecule has 35 heavy (non-hydrogen) atoms. The van der Waals surface area contributed by atoms with Crippen LogP contribution in [0.1, 0.15) is 11.4 Å². The maximum absolute atomic E-state index is 12.5. The number of aromatic nitrogens is 3. The second-order valence-electron chi connectivity index (χ2n) is 7.41. The van der Waals surface area contributed by atoms with E-state index in [1.54, 1.807) is 12.1 Å². The standard InChI is InChI=1S/C24H20ClN5O4S/c1-16-13-20(11-12-21(16)25)34-14-22-27-28-24(29(22)18-5-3-2-4-6-18)35-15-23(31)26-17-7-9-19(10-8-17)30(32)33/h2-13H,14-15H2,1H3,(H,26,31). The molecule has 1 heterocycles. The molecule has 1 N–H and O–H groups in total. The van der Waals surface area contributed by atoms with E-state index in [0.29, 0.717) is 27.4 Å². The average molecular weight is 510 g/mol. The smallest absolute Gasteiger partial charge is 0.269 e. The van der Waals surface area contributed by atoms with Crippen LogP contribution in [0.3, 0.4) is 0 Å². The average Bonchev–Trinajstić information content (AvgIpc) is 3.27. The van der Waals surface area contributed by atoms with Gasteiger partial charge in [-0.3, -0.25) is 19.5 Å². The van der Waals surface area contributed by atoms with E-state index in [9.17, 15) is 14.9 Å². The van der Waals surface area contributed by atoms with Crippen LogP contribution in [0, 0.1) is 17.0 Å². The number of halogens is 1. The Labute approximate surface area is 210 Å². The second-order valence-corrected chi connectivity index (χ2v) is 8.76. The summed E-state index contributed by atoms with van der Waals surface area (Å²) in [5, 5.41) is 23.2. The molecular weight excluding hydrogens is 490 g/mol. The minimum atomic E-state index is -0.493. The van der Waals surface area contributed by atoms with Crippen LogP contribution in [-0.2, 0) is 11.4 Å². The van der Waals surface area contributed by atoms with E-state index in [4.69, 9.17) is 16.3 Å². The number of benzene rings is 3. The summed E-state index contributed by atoms with van der Waals surface area (Å²) in [6.07, 6.45) is 0. The molecule has 0 aliphatic heterocycles. The van der Waals surface area contributed by atoms with Crippen molar-refractivity contribution in [1.82, 2.24) is 14.8 Å². The fourth-order valence-electron chi connectivity index (χ4n) is 3.17. The van der Waals surface area contributed by atoms with Crippen molar-refractivity contribution < 1.29 is 14.5 Å². The van der Waals surface area contributed by atoms with Crippen molar-refractivity contribution in [3.63, 3.8) is 0 Å². The first-order valence-electron chi connectivity index (χ1n) is 10.5. The number of amides is 1. The van der Waals surface area contributed by atoms with Gasteiger partial charge in [-0.05, 0) is 55.0 Å². The van der Waals surface area contributed by atoms with Gasteiger partial charge in [-0.15, -0.1) is 10.2 Å². The Morgan fingerprint density at radius 3 is 2.54 bits per heavy atom. The first-order chi connectivity index (χ1) is 16.9. The number of anilines is 1. The molecular formula is C24H20ClN5O4S. The van der Waals surface area contributed by atoms with Gasteiger partial charge in [0.15, 0.2) is 11.0 Å². The third kappa shape index (κ3) is 6.17. The monoisotopic (exact) mass is 509 g/mol. The van der Waals surface area contributed by atoms with Crippen LogP contribution in [0.2, 0.25) is 5.02 Å². The zero-order valence-corrected chi connectivity index (χ0v) is 20.1. The van der Waals surface area contributed by atoms with Crippen LogP contribution in [-0.4, -0.2) is 31.3 Å². The van der Waals surface area contributed by atoms with Crippen molar-refractivity contribution in [1.29, 1.82) is 0 Å². The number of carbonyl (C=O) groups is 1. The number of carbonyl (C=O) groups excluding carboxylic acids is 1. The number of nitrogens with zero attached hydrogens (tertiary/aromatic N) is 4. The molecule has 1 amide bonds. The lowest BCUT2D eigenvalue weighted by Gasteiger charge is -2.12. The predicted octanol–water partition coefficient (Wildman–Crippen LogP) is 5.45. The highest BCUT2D eigenvalue weighted by Gasteiger charge is 2.17. The molecule has 0 aliphatic carbocycles. The summed E-state index contributed by atoms with van der Waals surface area (Å²) < 4.78 is 7.76. The number of hydrogen-bond acceptors (Lipinski definition) is 7. The summed E-state index contributed by atoms with van der Waals surface area (Å²) >= 11 is 7.31. The van der Waals surface area contributed by atoms with E-state index in [0.717, 1.165) is 11.3 Å². The summed E-state index contributed by atoms with van der Waals surface area (Å²) in [5.74, 6) is 1.02. The maximum Gasteiger partial charge on any atom is 0.269 e. The number of nitro groups is 1. The van der Waals surface area contributed by atoms with Crippen molar-refractivity contribution in [2.45, 2.75) is 18.7 Å². The van der Waals surface area contributed by atoms with E-state index in [2.05, 4.69) is 15.5 Å². The molecule has 0 saturated carbocycles. The zero-order valence-electron chi connectivity index (χ0n) is 18.6. The molecule has 0 fully saturated rings. The predicted molar refractivity (Wildman–Crippen MR) is 134 cm³/mol. The number of para-hydroxylation sites is 1. The molecule has 0 bridgehead atoms. The minimum absolute atomic E-state index is 0.0446. The van der Waals surface area contributed by atoms with Gasteiger partial charge in [0.05, 0.1) is 10.7 Å². The lowest BCUT2D eigenvalue weighted by atomic mass is 10.2. The van der Waals surface area contributed by atoms with Gasteiger partial charge in [0, 0.05) is 28.5 Å². The summed E-state index contributed by atoms with van der Waals surface area (Å²) in [6, 6.07) is 20.6. The summed E-state index contributed by atoms with van der Waals surface area (Å²) in [5.41, 5.74) is 2.17. The molecule has 0 radical (unpaired) electrons. The van der Waals surface area contributed by atoms with Crippen molar-refractivity contribution in [2.24, 2.45) is 0 Å². The van der Waals surface area contributed by atoms with Crippen LogP contribution in [0.15, 0.2) is 78.0 Å². The number of rotatable bonds is 9. The molecule has 4 aromatic rings. The highest BCUT2D eigenvalue weighted by Crippen LogP contribution is 2.25. The number of ether oxygens (including phenoxy) is 1. The summed E-state index contributed by atoms with van der Waals surface area (Å²) in [4.78, 5) is 22.8. The lowest BCUT2D eigenvalue weighted by molar-refractivity contribution is -0.384. The first kappa shape index (κ1) is 24.2. The van der Waals surface area contributed by atoms with Gasteiger partial charge in [-0.1, -0.05) is 41.6 Å². The third-order valence-electron chi connectivity index (χ3n) is 4.91. The molecule has 0 atom stereocenters. The molecule has 11 heteroatoms. The Morgan fingerprint density at radius 1 is 1.11 bits per heavy atom. The number of thioether (sulfide) groups is 1. The highest BCUT2D eigenvalue weighted by molar-refractivity contribution is 7.99. The SMILES string of the molecule is Cc1cc(OCc2nnc(SCC(=O)Nc3ccc([N+](=O)[O-])cc3)n2-c2ccccc2)ccc1Cl. The minimum Gasteiger partial charge on any atom is -0.486 e. The molecule has 178 valence electrons. The Hall–Kier alpha value is -3.89. The van der Waals surface area contributed by atoms with E-state index in [-0.39, 0.29) is 24.0 Å². The van der Waals surface area contributed by atoms with E-state index >= 15 is 0 Å². The molecule has 9 nitrogen and oxygen atoms in total. The Kier molecular flexibility index (Phi) is 7.64. The Bertz CT molecular complexity index is 1350. The Morgan fingerprint density at radius 2 is 1.86 bits per heavy atom. The van der Waals surface area contributed by atoms with Gasteiger partial charge in [-0.25, -0.2) is 0 Å². The largest absolute Gasteiger partial charge is 0.486 e. The number of hydrogen-bond donors (Lipinski definition) is 1. The maximum atomic E-state index is 12.5. The van der Waals surface area contributed by atoms with Crippen LogP contribution >= 0.6 is 23.4 Å². The quantitative estimate of drug-likeness (QED) is 0.181. The van der Waals surface area contributed by atoms with Crippen molar-refractivity contribution in [3.05, 3.63) is 99.3 Å². The molecule has 0 aliphatic rings. The number of nitrogens with one attached hydrogen (secondary N) is 1. The third-order valence-corrected chi connectivity index (χ3v) is 6.26. The van der Waals surface area contributed by atoms with E-state index < -0.39 is 4.92 Å². The number of aryl methyl sites for hydroxylation is 1. The molecule has 4 rings (SSSR count). The van der Waals surface area contributed by atoms with Crippen LogP contribution < -0.4 is 10.1 Å². The molecule has 0 spiro atoms. The van der Waals surface area contributed by atoms with Gasteiger partial charge < -0.3 is 10.1 Å². The molecule has 3 aromatic carbocycles.